The number of carbonyl (C=O) groups is 1. The first-order chi connectivity index (χ1) is 11.8. The molecule has 0 fully saturated rings. The van der Waals surface area contributed by atoms with E-state index in [1.54, 1.807) is 24.4 Å². The summed E-state index contributed by atoms with van der Waals surface area (Å²) in [6.07, 6.45) is 1.70. The third kappa shape index (κ3) is 2.81. The van der Waals surface area contributed by atoms with Gasteiger partial charge in [-0.2, -0.15) is 0 Å². The zero-order chi connectivity index (χ0) is 16.4. The monoisotopic (exact) mass is 322 g/mol. The molecule has 3 aromatic rings. The van der Waals surface area contributed by atoms with Crippen LogP contribution in [0.5, 0.6) is 17.2 Å². The van der Waals surface area contributed by atoms with E-state index in [0.717, 1.165) is 10.9 Å². The van der Waals surface area contributed by atoms with Crippen molar-refractivity contribution in [1.29, 1.82) is 0 Å². The second-order valence-electron chi connectivity index (χ2n) is 5.23. The van der Waals surface area contributed by atoms with Crippen LogP contribution >= 0.6 is 0 Å². The van der Waals surface area contributed by atoms with Gasteiger partial charge >= 0.3 is 0 Å². The Morgan fingerprint density at radius 3 is 2.96 bits per heavy atom. The Morgan fingerprint density at radius 1 is 1.12 bits per heavy atom. The van der Waals surface area contributed by atoms with Crippen molar-refractivity contribution in [3.63, 3.8) is 0 Å². The van der Waals surface area contributed by atoms with Gasteiger partial charge < -0.3 is 19.5 Å². The average molecular weight is 322 g/mol. The molecule has 0 aliphatic carbocycles. The second-order valence-corrected chi connectivity index (χ2v) is 5.23. The Labute approximate surface area is 138 Å². The number of nitrogens with one attached hydrogen (secondary N) is 1. The number of hydrogen-bond acceptors (Lipinski definition) is 5. The van der Waals surface area contributed by atoms with Crippen molar-refractivity contribution in [2.45, 2.75) is 0 Å². The van der Waals surface area contributed by atoms with Crippen molar-refractivity contribution < 1.29 is 19.0 Å². The number of aromatic nitrogens is 1. The molecule has 4 rings (SSSR count). The zero-order valence-electron chi connectivity index (χ0n) is 12.7. The summed E-state index contributed by atoms with van der Waals surface area (Å²) in [6, 6.07) is 14.6. The maximum atomic E-state index is 12.1. The van der Waals surface area contributed by atoms with Gasteiger partial charge in [-0.15, -0.1) is 0 Å². The lowest BCUT2D eigenvalue weighted by atomic mass is 10.2. The molecule has 2 heterocycles. The summed E-state index contributed by atoms with van der Waals surface area (Å²) >= 11 is 0. The highest BCUT2D eigenvalue weighted by Crippen LogP contribution is 2.35. The molecule has 0 radical (unpaired) electrons. The minimum atomic E-state index is -0.259. The Morgan fingerprint density at radius 2 is 2.00 bits per heavy atom. The highest BCUT2D eigenvalue weighted by atomic mass is 16.7. The van der Waals surface area contributed by atoms with E-state index in [2.05, 4.69) is 10.3 Å². The summed E-state index contributed by atoms with van der Waals surface area (Å²) in [5.74, 6) is 1.58. The van der Waals surface area contributed by atoms with Gasteiger partial charge in [0.15, 0.2) is 18.1 Å². The molecule has 1 amide bonds. The molecule has 6 heteroatoms. The lowest BCUT2D eigenvalue weighted by molar-refractivity contribution is -0.118. The second kappa shape index (κ2) is 6.08. The third-order valence-electron chi connectivity index (χ3n) is 3.62. The normalized spacial score (nSPS) is 12.2. The number of anilines is 1. The van der Waals surface area contributed by atoms with Gasteiger partial charge in [-0.25, -0.2) is 0 Å². The number of fused-ring (bicyclic) bond motifs is 2. The van der Waals surface area contributed by atoms with Gasteiger partial charge in [-0.05, 0) is 24.3 Å². The lowest BCUT2D eigenvalue weighted by Gasteiger charge is -2.09. The SMILES string of the molecule is O=C(COc1ccc2c(c1)OCO2)Nc1cccc2cccnc12. The van der Waals surface area contributed by atoms with E-state index in [4.69, 9.17) is 14.2 Å². The summed E-state index contributed by atoms with van der Waals surface area (Å²) in [4.78, 5) is 16.4. The summed E-state index contributed by atoms with van der Waals surface area (Å²) in [5.41, 5.74) is 1.41. The fourth-order valence-corrected chi connectivity index (χ4v) is 2.51. The molecule has 6 nitrogen and oxygen atoms in total. The maximum absolute atomic E-state index is 12.1. The molecule has 1 aliphatic rings. The summed E-state index contributed by atoms with van der Waals surface area (Å²) < 4.78 is 16.0. The van der Waals surface area contributed by atoms with Gasteiger partial charge in [0.25, 0.3) is 5.91 Å². The standard InChI is InChI=1S/C18H14N2O4/c21-17(10-22-13-6-7-15-16(9-13)24-11-23-15)20-14-5-1-3-12-4-2-8-19-18(12)14/h1-9H,10-11H2,(H,20,21). The van der Waals surface area contributed by atoms with E-state index >= 15 is 0 Å². The molecular weight excluding hydrogens is 308 g/mol. The summed E-state index contributed by atoms with van der Waals surface area (Å²) in [7, 11) is 0. The quantitative estimate of drug-likeness (QED) is 0.799. The van der Waals surface area contributed by atoms with Gasteiger partial charge in [-0.1, -0.05) is 18.2 Å². The molecule has 0 spiro atoms. The zero-order valence-corrected chi connectivity index (χ0v) is 12.7. The number of para-hydroxylation sites is 1. The van der Waals surface area contributed by atoms with Crippen LogP contribution in [0.15, 0.2) is 54.7 Å². The molecule has 1 aliphatic heterocycles. The number of ether oxygens (including phenoxy) is 3. The van der Waals surface area contributed by atoms with Crippen molar-refractivity contribution in [2.24, 2.45) is 0 Å². The van der Waals surface area contributed by atoms with Crippen LogP contribution in [0.3, 0.4) is 0 Å². The third-order valence-corrected chi connectivity index (χ3v) is 3.62. The van der Waals surface area contributed by atoms with Gasteiger partial charge in [0.1, 0.15) is 5.75 Å². The molecule has 0 atom stereocenters. The first-order valence-electron chi connectivity index (χ1n) is 7.46. The minimum absolute atomic E-state index is 0.108. The minimum Gasteiger partial charge on any atom is -0.484 e. The number of carbonyl (C=O) groups excluding carboxylic acids is 1. The number of hydrogen-bond donors (Lipinski definition) is 1. The number of amides is 1. The Kier molecular flexibility index (Phi) is 3.63. The molecule has 1 aromatic heterocycles. The Bertz CT molecular complexity index is 905. The highest BCUT2D eigenvalue weighted by Gasteiger charge is 2.14. The molecule has 0 saturated heterocycles. The number of benzene rings is 2. The molecule has 24 heavy (non-hydrogen) atoms. The van der Waals surface area contributed by atoms with Gasteiger partial charge in [0.05, 0.1) is 11.2 Å². The summed E-state index contributed by atoms with van der Waals surface area (Å²) in [5, 5.41) is 3.79. The predicted octanol–water partition coefficient (Wildman–Crippen LogP) is 2.98. The molecule has 120 valence electrons. The van der Waals surface area contributed by atoms with Crippen molar-refractivity contribution in [2.75, 3.05) is 18.7 Å². The van der Waals surface area contributed by atoms with Crippen molar-refractivity contribution in [3.8, 4) is 17.2 Å². The lowest BCUT2D eigenvalue weighted by Crippen LogP contribution is -2.20. The molecule has 0 bridgehead atoms. The van der Waals surface area contributed by atoms with E-state index in [1.807, 2.05) is 30.3 Å². The van der Waals surface area contributed by atoms with Crippen LogP contribution in [-0.2, 0) is 4.79 Å². The molecule has 1 N–H and O–H groups in total. The van der Waals surface area contributed by atoms with Crippen LogP contribution in [-0.4, -0.2) is 24.3 Å². The van der Waals surface area contributed by atoms with Crippen LogP contribution in [0.25, 0.3) is 10.9 Å². The topological polar surface area (TPSA) is 69.7 Å². The largest absolute Gasteiger partial charge is 0.484 e. The summed E-state index contributed by atoms with van der Waals surface area (Å²) in [6.45, 7) is 0.0935. The van der Waals surface area contributed by atoms with E-state index in [9.17, 15) is 4.79 Å². The van der Waals surface area contributed by atoms with Crippen LogP contribution in [0.2, 0.25) is 0 Å². The molecule has 2 aromatic carbocycles. The smallest absolute Gasteiger partial charge is 0.262 e. The molecule has 0 saturated carbocycles. The number of nitrogens with zero attached hydrogens (tertiary/aromatic N) is 1. The highest BCUT2D eigenvalue weighted by molar-refractivity contribution is 6.00. The average Bonchev–Trinajstić information content (AvgIpc) is 3.08. The van der Waals surface area contributed by atoms with E-state index in [-0.39, 0.29) is 19.3 Å². The first-order valence-corrected chi connectivity index (χ1v) is 7.46. The van der Waals surface area contributed by atoms with Gasteiger partial charge in [-0.3, -0.25) is 9.78 Å². The van der Waals surface area contributed by atoms with Crippen LogP contribution in [0, 0.1) is 0 Å². The number of pyridine rings is 1. The number of rotatable bonds is 4. The Balaban J connectivity index is 1.43. The van der Waals surface area contributed by atoms with E-state index < -0.39 is 0 Å². The first kappa shape index (κ1) is 14.3. The van der Waals surface area contributed by atoms with Crippen molar-refractivity contribution in [3.05, 3.63) is 54.7 Å². The van der Waals surface area contributed by atoms with Crippen LogP contribution < -0.4 is 19.5 Å². The van der Waals surface area contributed by atoms with Crippen molar-refractivity contribution >= 4 is 22.5 Å². The van der Waals surface area contributed by atoms with Crippen LogP contribution in [0.4, 0.5) is 5.69 Å². The van der Waals surface area contributed by atoms with Crippen LogP contribution in [0.1, 0.15) is 0 Å². The van der Waals surface area contributed by atoms with Crippen molar-refractivity contribution in [1.82, 2.24) is 4.98 Å². The van der Waals surface area contributed by atoms with Gasteiger partial charge in [0.2, 0.25) is 6.79 Å². The molecular formula is C18H14N2O4. The van der Waals surface area contributed by atoms with Gasteiger partial charge in [0, 0.05) is 17.6 Å². The fourth-order valence-electron chi connectivity index (χ4n) is 2.51. The molecule has 0 unspecified atom stereocenters. The van der Waals surface area contributed by atoms with E-state index in [1.165, 1.54) is 0 Å². The van der Waals surface area contributed by atoms with E-state index in [0.29, 0.717) is 22.9 Å². The fraction of sp³-hybridized carbons (Fsp3) is 0.111. The maximum Gasteiger partial charge on any atom is 0.262 e. The predicted molar refractivity (Wildman–Crippen MR) is 88.4 cm³/mol. The Hall–Kier alpha value is -3.28.